The van der Waals surface area contributed by atoms with E-state index in [1.54, 1.807) is 0 Å². The Labute approximate surface area is 408 Å². The molecule has 56 heavy (non-hydrogen) atoms. The van der Waals surface area contributed by atoms with Crippen molar-refractivity contribution >= 4 is 65.7 Å². The zero-order chi connectivity index (χ0) is 39.5. The fourth-order valence-electron chi connectivity index (χ4n) is 7.00. The number of nitrogens with zero attached hydrogens (tertiary/aromatic N) is 1. The third kappa shape index (κ3) is 20.2. The van der Waals surface area contributed by atoms with Gasteiger partial charge in [0.1, 0.15) is 12.2 Å². The molecule has 3 fully saturated rings. The average Bonchev–Trinajstić information content (AvgIpc) is 3.40. The number of aliphatic hydroxyl groups excluding tert-OH is 3. The van der Waals surface area contributed by atoms with E-state index in [1.165, 1.54) is 28.4 Å². The first kappa shape index (κ1) is 55.0. The van der Waals surface area contributed by atoms with E-state index in [0.29, 0.717) is 44.8 Å². The van der Waals surface area contributed by atoms with Gasteiger partial charge in [-0.15, -0.1) is 11.8 Å². The zero-order valence-electron chi connectivity index (χ0n) is 32.8. The average molecular weight is 1130 g/mol. The number of unbranched alkanes of at least 4 members (excludes halogenated alkanes) is 6. The van der Waals surface area contributed by atoms with Gasteiger partial charge in [-0.1, -0.05) is 25.3 Å². The van der Waals surface area contributed by atoms with E-state index in [4.69, 9.17) is 10.5 Å². The molecule has 0 aromatic rings. The molecule has 316 valence electrons. The van der Waals surface area contributed by atoms with Crippen molar-refractivity contribution in [3.05, 3.63) is 10.3 Å². The molecule has 19 heteroatoms. The van der Waals surface area contributed by atoms with Gasteiger partial charge in [-0.2, -0.15) is 6.92 Å². The molecule has 0 aromatic carbocycles. The summed E-state index contributed by atoms with van der Waals surface area (Å²) in [4.78, 5) is 63.4. The summed E-state index contributed by atoms with van der Waals surface area (Å²) in [6, 6.07) is -0.977. The van der Waals surface area contributed by atoms with Crippen molar-refractivity contribution in [1.82, 2.24) is 20.9 Å². The van der Waals surface area contributed by atoms with E-state index in [0.717, 1.165) is 88.1 Å². The molecule has 0 bridgehead atoms. The maximum atomic E-state index is 12.7. The van der Waals surface area contributed by atoms with Crippen LogP contribution in [0, 0.1) is 60.5 Å². The maximum absolute atomic E-state index is 12.7. The molecule has 1 saturated carbocycles. The van der Waals surface area contributed by atoms with Crippen molar-refractivity contribution in [2.45, 2.75) is 145 Å². The number of carbonyl (C=O) groups is 5. The Bertz CT molecular complexity index is 1190. The van der Waals surface area contributed by atoms with Gasteiger partial charge in [0.05, 0.1) is 23.4 Å². The van der Waals surface area contributed by atoms with E-state index in [9.17, 15) is 39.3 Å². The largest absolute Gasteiger partial charge is 0.670 e. The standard InChI is InChI=1S/C37H63N5O9S3.Ac.Y/c1-24(52)54-28-21-31(46)42(36(28)50)22-25-13-15-26(16-14-25)35(49)41-19-8-3-6-12-29(44)39-17-7-2-5-11-30(45)40-18-9-4-10-20-53-37-32(38)34(48)33(47)27(23-43)51-37;;/h25-28,32-34,37-38,43,47-48,52H,2-23H2,1H3,(H,39,44)(H,40,45)(H,41,49);;/q-2;;/t25?,26?,27?,28?,32?,33-,34?,37-;;/m0../s1. The van der Waals surface area contributed by atoms with Gasteiger partial charge in [-0.05, 0) is 75.9 Å². The Morgan fingerprint density at radius 1 is 0.875 bits per heavy atom. The minimum atomic E-state index is -1.26. The van der Waals surface area contributed by atoms with Crippen molar-refractivity contribution in [2.75, 3.05) is 38.5 Å². The molecule has 2 radical (unpaired) electrons. The summed E-state index contributed by atoms with van der Waals surface area (Å²) in [5.74, 6) is 0.765. The van der Waals surface area contributed by atoms with Gasteiger partial charge in [0.2, 0.25) is 29.5 Å². The van der Waals surface area contributed by atoms with E-state index in [-0.39, 0.29) is 130 Å². The molecule has 2 saturated heterocycles. The molecule has 7 N–H and O–H groups in total. The second-order valence-electron chi connectivity index (χ2n) is 14.7. The first-order valence-electron chi connectivity index (χ1n) is 19.7. The Balaban J connectivity index is 0.00000784. The SMILES string of the molecule is C[C-](S)SC1CC(=O)N(CC2CCC(C(=O)NCCCCCC(=O)NCCCCCC(=O)NCCCCCS[C@@H]3OC(CO)[C@H](O)C(O)C3[NH-])CC2)C1=O.[Ac].[Y]. The monoisotopic (exact) mass is 1130 g/mol. The Kier molecular flexibility index (Phi) is 30.3. The topological polar surface area (TPSA) is 218 Å². The van der Waals surface area contributed by atoms with E-state index >= 15 is 0 Å². The molecular weight excluding hydrogens is 1070 g/mol. The number of aliphatic hydroxyl groups is 3. The van der Waals surface area contributed by atoms with Crippen LogP contribution in [-0.4, -0.2) is 123 Å². The summed E-state index contributed by atoms with van der Waals surface area (Å²) < 4.78 is 6.32. The maximum Gasteiger partial charge on any atom is 0.240 e. The van der Waals surface area contributed by atoms with Gasteiger partial charge in [0.15, 0.2) is 0 Å². The molecule has 4 unspecified atom stereocenters. The van der Waals surface area contributed by atoms with Crippen molar-refractivity contribution in [3.63, 3.8) is 0 Å². The van der Waals surface area contributed by atoms with Crippen LogP contribution in [0.4, 0.5) is 0 Å². The third-order valence-corrected chi connectivity index (χ3v) is 12.8. The fraction of sp³-hybridized carbons (Fsp3) is 0.838. The second-order valence-corrected chi connectivity index (χ2v) is 18.3. The molecule has 2 heterocycles. The first-order chi connectivity index (χ1) is 25.9. The van der Waals surface area contributed by atoms with Gasteiger partial charge >= 0.3 is 0 Å². The van der Waals surface area contributed by atoms with E-state index in [1.807, 2.05) is 6.92 Å². The summed E-state index contributed by atoms with van der Waals surface area (Å²) in [6.07, 6.45) is 8.29. The zero-order valence-corrected chi connectivity index (χ0v) is 42.9. The van der Waals surface area contributed by atoms with Gasteiger partial charge < -0.3 is 66.1 Å². The molecular formula is C37H63AcN5O9S3Y-2. The molecule has 14 nitrogen and oxygen atoms in total. The number of hydrogen-bond acceptors (Lipinski definition) is 12. The number of thiol groups is 1. The Morgan fingerprint density at radius 3 is 1.98 bits per heavy atom. The van der Waals surface area contributed by atoms with Gasteiger partial charge in [-0.25, -0.2) is 4.58 Å². The third-order valence-electron chi connectivity index (χ3n) is 10.3. The second kappa shape index (κ2) is 30.9. The van der Waals surface area contributed by atoms with Crippen LogP contribution < -0.4 is 16.0 Å². The Morgan fingerprint density at radius 2 is 1.43 bits per heavy atom. The molecule has 3 aliphatic rings. The minimum absolute atomic E-state index is 0. The van der Waals surface area contributed by atoms with Crippen molar-refractivity contribution in [2.24, 2.45) is 11.8 Å². The summed E-state index contributed by atoms with van der Waals surface area (Å²) in [5, 5.41) is 37.7. The molecule has 0 spiro atoms. The van der Waals surface area contributed by atoms with Crippen LogP contribution in [0.15, 0.2) is 0 Å². The molecule has 2 aliphatic heterocycles. The predicted octanol–water partition coefficient (Wildman–Crippen LogP) is 3.32. The number of carbonyl (C=O) groups excluding carboxylic acids is 5. The first-order valence-corrected chi connectivity index (χ1v) is 22.1. The van der Waals surface area contributed by atoms with Crippen LogP contribution in [-0.2, 0) is 61.4 Å². The van der Waals surface area contributed by atoms with Crippen LogP contribution in [0.3, 0.4) is 0 Å². The van der Waals surface area contributed by atoms with Crippen molar-refractivity contribution in [3.8, 4) is 0 Å². The normalized spacial score (nSPS) is 26.4. The molecule has 0 aromatic heterocycles. The summed E-state index contributed by atoms with van der Waals surface area (Å²) in [6.45, 7) is 3.61. The number of rotatable bonds is 25. The summed E-state index contributed by atoms with van der Waals surface area (Å²) >= 11 is 6.99. The van der Waals surface area contributed by atoms with Crippen LogP contribution >= 0.6 is 36.2 Å². The van der Waals surface area contributed by atoms with Crippen LogP contribution in [0.25, 0.3) is 5.73 Å². The van der Waals surface area contributed by atoms with E-state index < -0.39 is 36.4 Å². The van der Waals surface area contributed by atoms with Crippen molar-refractivity contribution < 1.29 is 121 Å². The van der Waals surface area contributed by atoms with Gasteiger partial charge in [0, 0.05) is 128 Å². The number of thioether (sulfide) groups is 2. The minimum Gasteiger partial charge on any atom is -0.670 e. The smallest absolute Gasteiger partial charge is 0.240 e. The molecule has 5 amide bonds. The number of amides is 5. The number of imide groups is 1. The van der Waals surface area contributed by atoms with Crippen LogP contribution in [0.2, 0.25) is 0 Å². The van der Waals surface area contributed by atoms with Gasteiger partial charge in [0.25, 0.3) is 0 Å². The number of ether oxygens (including phenoxy) is 1. The van der Waals surface area contributed by atoms with Gasteiger partial charge in [-0.3, -0.25) is 28.9 Å². The van der Waals surface area contributed by atoms with E-state index in [2.05, 4.69) is 28.6 Å². The predicted molar refractivity (Wildman–Crippen MR) is 214 cm³/mol. The molecule has 3 rings (SSSR count). The van der Waals surface area contributed by atoms with Crippen LogP contribution in [0.5, 0.6) is 0 Å². The summed E-state index contributed by atoms with van der Waals surface area (Å²) in [7, 11) is 0. The number of nitrogens with one attached hydrogen (secondary N) is 4. The van der Waals surface area contributed by atoms with Crippen LogP contribution in [0.1, 0.15) is 110 Å². The Hall–Kier alpha value is 0.945. The summed E-state index contributed by atoms with van der Waals surface area (Å²) in [5.41, 5.74) is 7.42. The molecule has 6 atom stereocenters. The number of hydrogen-bond donors (Lipinski definition) is 7. The fourth-order valence-corrected chi connectivity index (χ4v) is 9.44. The quantitative estimate of drug-likeness (QED) is 0.0305. The number of likely N-dealkylation sites (tertiary alicyclic amines) is 1. The molecule has 1 aliphatic carbocycles. The van der Waals surface area contributed by atoms with Crippen molar-refractivity contribution in [1.29, 1.82) is 0 Å².